The number of anilines is 1. The van der Waals surface area contributed by atoms with E-state index in [0.29, 0.717) is 11.1 Å². The lowest BCUT2D eigenvalue weighted by Crippen LogP contribution is -2.22. The summed E-state index contributed by atoms with van der Waals surface area (Å²) in [5.41, 5.74) is 2.73. The van der Waals surface area contributed by atoms with Crippen molar-refractivity contribution in [2.75, 3.05) is 11.9 Å². The molecule has 1 amide bonds. The molecule has 0 spiro atoms. The van der Waals surface area contributed by atoms with E-state index in [1.807, 2.05) is 19.1 Å². The lowest BCUT2D eigenvalue weighted by atomic mass is 10.1. The number of rotatable bonds is 6. The summed E-state index contributed by atoms with van der Waals surface area (Å²) in [7, 11) is 0. The molecule has 0 bridgehead atoms. The Balaban J connectivity index is 2.04. The van der Waals surface area contributed by atoms with E-state index in [4.69, 9.17) is 4.74 Å². The van der Waals surface area contributed by atoms with Crippen LogP contribution in [0.5, 0.6) is 0 Å². The number of nitrogens with zero attached hydrogens (tertiary/aromatic N) is 1. The van der Waals surface area contributed by atoms with E-state index in [9.17, 15) is 19.7 Å². The summed E-state index contributed by atoms with van der Waals surface area (Å²) in [6, 6.07) is 9.85. The lowest BCUT2D eigenvalue weighted by Gasteiger charge is -2.11. The van der Waals surface area contributed by atoms with Gasteiger partial charge in [0.1, 0.15) is 5.69 Å². The number of nitrogens with one attached hydrogen (secondary N) is 1. The Kier molecular flexibility index (Phi) is 6.06. The molecule has 0 radical (unpaired) electrons. The lowest BCUT2D eigenvalue weighted by molar-refractivity contribution is -0.384. The van der Waals surface area contributed by atoms with Crippen molar-refractivity contribution >= 4 is 23.3 Å². The number of hydrogen-bond donors (Lipinski definition) is 1. The molecule has 0 saturated heterocycles. The molecule has 0 aliphatic carbocycles. The van der Waals surface area contributed by atoms with Crippen molar-refractivity contribution in [3.63, 3.8) is 0 Å². The van der Waals surface area contributed by atoms with E-state index in [1.165, 1.54) is 6.07 Å². The number of ether oxygens (including phenoxy) is 1. The number of hydrogen-bond acceptors (Lipinski definition) is 5. The molecule has 2 aromatic rings. The molecule has 0 saturated carbocycles. The molecule has 1 N–H and O–H groups in total. The largest absolute Gasteiger partial charge is 0.452 e. The van der Waals surface area contributed by atoms with Crippen LogP contribution in [-0.4, -0.2) is 23.4 Å². The maximum absolute atomic E-state index is 12.1. The van der Waals surface area contributed by atoms with E-state index in [0.717, 1.165) is 17.5 Å². The molecular formula is C19H20N2O5. The van der Waals surface area contributed by atoms with Gasteiger partial charge in [0.15, 0.2) is 6.61 Å². The average molecular weight is 356 g/mol. The Bertz CT molecular complexity index is 844. The molecule has 0 aromatic heterocycles. The highest BCUT2D eigenvalue weighted by Crippen LogP contribution is 2.30. The number of aryl methyl sites for hydroxylation is 2. The summed E-state index contributed by atoms with van der Waals surface area (Å²) < 4.78 is 4.99. The van der Waals surface area contributed by atoms with Gasteiger partial charge in [0.2, 0.25) is 0 Å². The van der Waals surface area contributed by atoms with E-state index >= 15 is 0 Å². The monoisotopic (exact) mass is 356 g/mol. The Morgan fingerprint density at radius 1 is 1.12 bits per heavy atom. The summed E-state index contributed by atoms with van der Waals surface area (Å²) in [5.74, 6) is -1.27. The summed E-state index contributed by atoms with van der Waals surface area (Å²) in [6.45, 7) is 4.94. The summed E-state index contributed by atoms with van der Waals surface area (Å²) in [6.07, 6.45) is 0.854. The topological polar surface area (TPSA) is 98.5 Å². The molecule has 0 fully saturated rings. The highest BCUT2D eigenvalue weighted by atomic mass is 16.6. The normalized spacial score (nSPS) is 10.3. The maximum Gasteiger partial charge on any atom is 0.338 e. The molecule has 7 nitrogen and oxygen atoms in total. The highest BCUT2D eigenvalue weighted by Gasteiger charge is 2.20. The Morgan fingerprint density at radius 3 is 2.35 bits per heavy atom. The van der Waals surface area contributed by atoms with Crippen LogP contribution in [-0.2, 0) is 16.0 Å². The van der Waals surface area contributed by atoms with Crippen molar-refractivity contribution in [2.24, 2.45) is 0 Å². The van der Waals surface area contributed by atoms with Crippen LogP contribution in [0.2, 0.25) is 0 Å². The molecule has 0 aliphatic rings. The van der Waals surface area contributed by atoms with Gasteiger partial charge in [-0.3, -0.25) is 14.9 Å². The van der Waals surface area contributed by atoms with Gasteiger partial charge < -0.3 is 10.1 Å². The number of esters is 1. The zero-order chi connectivity index (χ0) is 19.3. The molecule has 7 heteroatoms. The van der Waals surface area contributed by atoms with Crippen LogP contribution in [0.15, 0.2) is 36.4 Å². The van der Waals surface area contributed by atoms with Crippen molar-refractivity contribution in [1.82, 2.24) is 0 Å². The van der Waals surface area contributed by atoms with Gasteiger partial charge in [0.05, 0.1) is 10.5 Å². The minimum Gasteiger partial charge on any atom is -0.452 e. The van der Waals surface area contributed by atoms with Crippen LogP contribution < -0.4 is 5.32 Å². The quantitative estimate of drug-likeness (QED) is 0.485. The predicted octanol–water partition coefficient (Wildman–Crippen LogP) is 3.57. The fourth-order valence-corrected chi connectivity index (χ4v) is 2.38. The first kappa shape index (κ1) is 19.1. The Hall–Kier alpha value is -3.22. The fourth-order valence-electron chi connectivity index (χ4n) is 2.38. The number of benzene rings is 2. The van der Waals surface area contributed by atoms with Gasteiger partial charge in [0, 0.05) is 6.07 Å². The van der Waals surface area contributed by atoms with E-state index < -0.39 is 23.4 Å². The summed E-state index contributed by atoms with van der Waals surface area (Å²) >= 11 is 0. The van der Waals surface area contributed by atoms with Gasteiger partial charge in [-0.1, -0.05) is 25.1 Å². The first-order valence-corrected chi connectivity index (χ1v) is 8.14. The number of nitro groups is 1. The molecular weight excluding hydrogens is 336 g/mol. The van der Waals surface area contributed by atoms with Crippen LogP contribution in [0.1, 0.15) is 34.0 Å². The van der Waals surface area contributed by atoms with Crippen molar-refractivity contribution in [1.29, 1.82) is 0 Å². The van der Waals surface area contributed by atoms with E-state index in [1.54, 1.807) is 32.0 Å². The minimum atomic E-state index is -0.639. The van der Waals surface area contributed by atoms with Crippen LogP contribution >= 0.6 is 0 Å². The van der Waals surface area contributed by atoms with Crippen molar-refractivity contribution in [3.05, 3.63) is 68.8 Å². The molecule has 2 rings (SSSR count). The van der Waals surface area contributed by atoms with E-state index in [2.05, 4.69) is 5.32 Å². The van der Waals surface area contributed by atoms with E-state index in [-0.39, 0.29) is 11.4 Å². The van der Waals surface area contributed by atoms with Gasteiger partial charge >= 0.3 is 5.97 Å². The zero-order valence-corrected chi connectivity index (χ0v) is 14.9. The molecule has 0 heterocycles. The smallest absolute Gasteiger partial charge is 0.338 e. The van der Waals surface area contributed by atoms with Crippen LogP contribution in [0.25, 0.3) is 0 Å². The summed E-state index contributed by atoms with van der Waals surface area (Å²) in [5, 5.41) is 13.6. The molecule has 26 heavy (non-hydrogen) atoms. The second-order valence-corrected chi connectivity index (χ2v) is 5.83. The number of carbonyl (C=O) groups excluding carboxylic acids is 2. The molecule has 0 aliphatic heterocycles. The van der Waals surface area contributed by atoms with Gasteiger partial charge in [-0.25, -0.2) is 4.79 Å². The third kappa shape index (κ3) is 4.44. The standard InChI is InChI=1S/C19H20N2O5/c1-4-14-6-8-15(9-7-14)19(23)26-11-17(22)20-18-13(3)12(2)5-10-16(18)21(24)25/h5-10H,4,11H2,1-3H3,(H,20,22). The van der Waals surface area contributed by atoms with Gasteiger partial charge in [0.25, 0.3) is 11.6 Å². The maximum atomic E-state index is 12.1. The highest BCUT2D eigenvalue weighted by molar-refractivity contribution is 5.97. The number of carbonyl (C=O) groups is 2. The van der Waals surface area contributed by atoms with Crippen LogP contribution in [0, 0.1) is 24.0 Å². The molecule has 136 valence electrons. The number of nitro benzene ring substituents is 1. The first-order valence-electron chi connectivity index (χ1n) is 8.14. The zero-order valence-electron chi connectivity index (χ0n) is 14.9. The van der Waals surface area contributed by atoms with Crippen molar-refractivity contribution < 1.29 is 19.2 Å². The third-order valence-corrected chi connectivity index (χ3v) is 4.11. The fraction of sp³-hybridized carbons (Fsp3) is 0.263. The van der Waals surface area contributed by atoms with Crippen molar-refractivity contribution in [3.8, 4) is 0 Å². The average Bonchev–Trinajstić information content (AvgIpc) is 2.63. The second kappa shape index (κ2) is 8.24. The van der Waals surface area contributed by atoms with Crippen molar-refractivity contribution in [2.45, 2.75) is 27.2 Å². The van der Waals surface area contributed by atoms with Gasteiger partial charge in [-0.2, -0.15) is 0 Å². The molecule has 2 aromatic carbocycles. The van der Waals surface area contributed by atoms with Crippen LogP contribution in [0.4, 0.5) is 11.4 Å². The number of amides is 1. The van der Waals surface area contributed by atoms with Gasteiger partial charge in [-0.15, -0.1) is 0 Å². The van der Waals surface area contributed by atoms with Gasteiger partial charge in [-0.05, 0) is 49.1 Å². The SMILES string of the molecule is CCc1ccc(C(=O)OCC(=O)Nc2c([N+](=O)[O-])ccc(C)c2C)cc1. The Morgan fingerprint density at radius 2 is 1.77 bits per heavy atom. The molecule has 0 atom stereocenters. The minimum absolute atomic E-state index is 0.114. The summed E-state index contributed by atoms with van der Waals surface area (Å²) in [4.78, 5) is 34.6. The molecule has 0 unspecified atom stereocenters. The second-order valence-electron chi connectivity index (χ2n) is 5.83. The Labute approximate surface area is 151 Å². The predicted molar refractivity (Wildman–Crippen MR) is 97.3 cm³/mol. The third-order valence-electron chi connectivity index (χ3n) is 4.11. The van der Waals surface area contributed by atoms with Crippen LogP contribution in [0.3, 0.4) is 0 Å². The first-order chi connectivity index (χ1) is 12.3.